The van der Waals surface area contributed by atoms with E-state index in [2.05, 4.69) is 0 Å². The van der Waals surface area contributed by atoms with Crippen molar-refractivity contribution < 1.29 is 9.90 Å². The van der Waals surface area contributed by atoms with Gasteiger partial charge >= 0.3 is 0 Å². The number of fused-ring (bicyclic) bond motifs is 1. The Morgan fingerprint density at radius 1 is 1.12 bits per heavy atom. The Hall–Kier alpha value is -3.14. The number of hydrogen-bond acceptors (Lipinski definition) is 3. The maximum Gasteiger partial charge on any atom is 0.265 e. The smallest absolute Gasteiger partial charge is 0.265 e. The van der Waals surface area contributed by atoms with Crippen molar-refractivity contribution in [1.29, 1.82) is 0 Å². The van der Waals surface area contributed by atoms with Crippen LogP contribution in [0.1, 0.15) is 27.0 Å². The van der Waals surface area contributed by atoms with E-state index in [1.54, 1.807) is 37.4 Å². The first-order valence-corrected chi connectivity index (χ1v) is 8.00. The molecule has 0 bridgehead atoms. The number of carbonyl (C=O) groups is 1. The van der Waals surface area contributed by atoms with Gasteiger partial charge in [-0.2, -0.15) is 0 Å². The molecule has 4 nitrogen and oxygen atoms in total. The maximum absolute atomic E-state index is 12.6. The van der Waals surface area contributed by atoms with E-state index in [0.717, 1.165) is 16.7 Å². The van der Waals surface area contributed by atoms with Crippen molar-refractivity contribution >= 4 is 22.8 Å². The van der Waals surface area contributed by atoms with Gasteiger partial charge in [-0.05, 0) is 43.2 Å². The number of nitrogens with zero attached hydrogens (tertiary/aromatic N) is 1. The molecule has 0 aliphatic rings. The highest BCUT2D eigenvalue weighted by molar-refractivity contribution is 6.11. The minimum atomic E-state index is -0.509. The van der Waals surface area contributed by atoms with Crippen LogP contribution in [-0.4, -0.2) is 15.5 Å². The number of aromatic nitrogens is 1. The number of benzene rings is 2. The van der Waals surface area contributed by atoms with Gasteiger partial charge in [0.05, 0.1) is 5.52 Å². The van der Waals surface area contributed by atoms with Gasteiger partial charge in [0.2, 0.25) is 0 Å². The van der Waals surface area contributed by atoms with Crippen molar-refractivity contribution in [2.45, 2.75) is 13.8 Å². The van der Waals surface area contributed by atoms with Crippen molar-refractivity contribution in [2.75, 3.05) is 0 Å². The highest BCUT2D eigenvalue weighted by atomic mass is 16.3. The van der Waals surface area contributed by atoms with Crippen LogP contribution in [-0.2, 0) is 7.05 Å². The Bertz CT molecular complexity index is 1070. The van der Waals surface area contributed by atoms with Crippen LogP contribution in [0.3, 0.4) is 0 Å². The Kier molecular flexibility index (Phi) is 4.28. The summed E-state index contributed by atoms with van der Waals surface area (Å²) < 4.78 is 1.38. The van der Waals surface area contributed by atoms with Crippen LogP contribution >= 0.6 is 0 Å². The summed E-state index contributed by atoms with van der Waals surface area (Å²) in [7, 11) is 1.59. The maximum atomic E-state index is 12.6. The third kappa shape index (κ3) is 2.98. The van der Waals surface area contributed by atoms with Crippen LogP contribution in [0.5, 0.6) is 5.75 Å². The van der Waals surface area contributed by atoms with Crippen LogP contribution in [0.25, 0.3) is 17.0 Å². The molecule has 0 radical (unpaired) electrons. The standard InChI is InChI=1S/C21H19NO3/c1-13-8-9-14(2)15(12-13)10-11-18(23)19-20(24)16-6-4-5-7-17(16)22(3)21(19)25/h4-12,24H,1-3H3. The van der Waals surface area contributed by atoms with Crippen LogP contribution < -0.4 is 5.56 Å². The highest BCUT2D eigenvalue weighted by Crippen LogP contribution is 2.26. The average molecular weight is 333 g/mol. The number of rotatable bonds is 3. The van der Waals surface area contributed by atoms with Crippen molar-refractivity contribution in [3.63, 3.8) is 0 Å². The zero-order chi connectivity index (χ0) is 18.1. The second kappa shape index (κ2) is 6.40. The molecule has 25 heavy (non-hydrogen) atoms. The molecule has 126 valence electrons. The Morgan fingerprint density at radius 3 is 2.60 bits per heavy atom. The van der Waals surface area contributed by atoms with Crippen LogP contribution in [0, 0.1) is 13.8 Å². The van der Waals surface area contributed by atoms with E-state index in [9.17, 15) is 14.7 Å². The van der Waals surface area contributed by atoms with Gasteiger partial charge in [0, 0.05) is 12.4 Å². The molecule has 0 aliphatic heterocycles. The largest absolute Gasteiger partial charge is 0.506 e. The van der Waals surface area contributed by atoms with E-state index < -0.39 is 11.3 Å². The highest BCUT2D eigenvalue weighted by Gasteiger charge is 2.19. The SMILES string of the molecule is Cc1ccc(C)c(C=CC(=O)c2c(O)c3ccccc3n(C)c2=O)c1. The number of aryl methyl sites for hydroxylation is 3. The molecule has 4 heteroatoms. The van der Waals surface area contributed by atoms with Gasteiger partial charge in [-0.3, -0.25) is 9.59 Å². The number of allylic oxidation sites excluding steroid dienone is 1. The summed E-state index contributed by atoms with van der Waals surface area (Å²) in [4.78, 5) is 25.1. The topological polar surface area (TPSA) is 59.3 Å². The summed E-state index contributed by atoms with van der Waals surface area (Å²) in [5.74, 6) is -0.779. The molecule has 0 unspecified atom stereocenters. The molecule has 2 aromatic carbocycles. The molecule has 3 rings (SSSR count). The Balaban J connectivity index is 2.10. The Labute approximate surface area is 145 Å². The fourth-order valence-electron chi connectivity index (χ4n) is 2.89. The van der Waals surface area contributed by atoms with Crippen LogP contribution in [0.2, 0.25) is 0 Å². The van der Waals surface area contributed by atoms with Gasteiger partial charge in [0.15, 0.2) is 5.78 Å². The van der Waals surface area contributed by atoms with E-state index in [4.69, 9.17) is 0 Å². The molecule has 0 amide bonds. The summed E-state index contributed by atoms with van der Waals surface area (Å²) in [6.45, 7) is 3.93. The minimum Gasteiger partial charge on any atom is -0.506 e. The quantitative estimate of drug-likeness (QED) is 0.586. The third-order valence-corrected chi connectivity index (χ3v) is 4.37. The molecule has 0 atom stereocenters. The number of pyridine rings is 1. The zero-order valence-corrected chi connectivity index (χ0v) is 14.4. The molecule has 1 aromatic heterocycles. The summed E-state index contributed by atoms with van der Waals surface area (Å²) >= 11 is 0. The molecular weight excluding hydrogens is 314 g/mol. The molecule has 0 fully saturated rings. The predicted octanol–water partition coefficient (Wildman–Crippen LogP) is 3.76. The van der Waals surface area contributed by atoms with Crippen molar-refractivity contribution in [3.8, 4) is 5.75 Å². The van der Waals surface area contributed by atoms with E-state index in [-0.39, 0.29) is 11.3 Å². The molecular formula is C21H19NO3. The first-order chi connectivity index (χ1) is 11.9. The summed E-state index contributed by atoms with van der Waals surface area (Å²) in [5, 5.41) is 10.9. The van der Waals surface area contributed by atoms with E-state index in [1.807, 2.05) is 32.0 Å². The van der Waals surface area contributed by atoms with E-state index >= 15 is 0 Å². The van der Waals surface area contributed by atoms with Gasteiger partial charge in [-0.25, -0.2) is 0 Å². The predicted molar refractivity (Wildman–Crippen MR) is 100 cm³/mol. The average Bonchev–Trinajstić information content (AvgIpc) is 2.60. The molecule has 1 N–H and O–H groups in total. The second-order valence-corrected chi connectivity index (χ2v) is 6.16. The lowest BCUT2D eigenvalue weighted by Gasteiger charge is -2.10. The van der Waals surface area contributed by atoms with Gasteiger partial charge in [0.1, 0.15) is 11.3 Å². The monoisotopic (exact) mass is 333 g/mol. The van der Waals surface area contributed by atoms with Crippen molar-refractivity contribution in [1.82, 2.24) is 4.57 Å². The number of ketones is 1. The van der Waals surface area contributed by atoms with E-state index in [0.29, 0.717) is 10.9 Å². The first kappa shape index (κ1) is 16.7. The van der Waals surface area contributed by atoms with Crippen molar-refractivity contribution in [2.24, 2.45) is 7.05 Å². The van der Waals surface area contributed by atoms with Gasteiger partial charge < -0.3 is 9.67 Å². The minimum absolute atomic E-state index is 0.206. The number of aromatic hydroxyl groups is 1. The molecule has 0 spiro atoms. The first-order valence-electron chi connectivity index (χ1n) is 8.00. The summed E-state index contributed by atoms with van der Waals surface area (Å²) in [6.07, 6.45) is 3.02. The lowest BCUT2D eigenvalue weighted by molar-refractivity contribution is 0.104. The molecule has 0 saturated carbocycles. The molecule has 3 aromatic rings. The van der Waals surface area contributed by atoms with Gasteiger partial charge in [-0.15, -0.1) is 0 Å². The summed E-state index contributed by atoms with van der Waals surface area (Å²) in [5.41, 5.74) is 2.90. The van der Waals surface area contributed by atoms with Gasteiger partial charge in [0.25, 0.3) is 5.56 Å². The summed E-state index contributed by atoms with van der Waals surface area (Å²) in [6, 6.07) is 12.9. The zero-order valence-electron chi connectivity index (χ0n) is 14.4. The lowest BCUT2D eigenvalue weighted by Crippen LogP contribution is -2.24. The third-order valence-electron chi connectivity index (χ3n) is 4.37. The normalized spacial score (nSPS) is 11.3. The number of carbonyl (C=O) groups excluding carboxylic acids is 1. The van der Waals surface area contributed by atoms with Crippen LogP contribution in [0.4, 0.5) is 0 Å². The second-order valence-electron chi connectivity index (χ2n) is 6.16. The molecule has 0 saturated heterocycles. The van der Waals surface area contributed by atoms with Crippen molar-refractivity contribution in [3.05, 3.63) is 81.1 Å². The number of hydrogen-bond donors (Lipinski definition) is 1. The van der Waals surface area contributed by atoms with E-state index in [1.165, 1.54) is 10.6 Å². The lowest BCUT2D eigenvalue weighted by atomic mass is 10.0. The fraction of sp³-hybridized carbons (Fsp3) is 0.143. The van der Waals surface area contributed by atoms with Crippen LogP contribution in [0.15, 0.2) is 53.3 Å². The fourth-order valence-corrected chi connectivity index (χ4v) is 2.89. The van der Waals surface area contributed by atoms with Gasteiger partial charge in [-0.1, -0.05) is 42.0 Å². The Morgan fingerprint density at radius 2 is 1.84 bits per heavy atom. The number of para-hydroxylation sites is 1. The molecule has 0 aliphatic carbocycles. The molecule has 1 heterocycles.